The van der Waals surface area contributed by atoms with Gasteiger partial charge in [0.15, 0.2) is 5.82 Å². The highest BCUT2D eigenvalue weighted by Crippen LogP contribution is 2.40. The molecule has 1 aromatic heterocycles. The van der Waals surface area contributed by atoms with Gasteiger partial charge in [-0.2, -0.15) is 4.98 Å². The van der Waals surface area contributed by atoms with Crippen molar-refractivity contribution in [1.82, 2.24) is 14.9 Å². The van der Waals surface area contributed by atoms with Gasteiger partial charge in [0.1, 0.15) is 23.7 Å². The third-order valence-electron chi connectivity index (χ3n) is 5.53. The second-order valence-corrected chi connectivity index (χ2v) is 12.1. The zero-order valence-corrected chi connectivity index (χ0v) is 20.7. The molecule has 0 atom stereocenters. The van der Waals surface area contributed by atoms with Gasteiger partial charge in [0, 0.05) is 18.4 Å². The molecular formula is C23H27ClN5O3P. The molecule has 0 unspecified atom stereocenters. The summed E-state index contributed by atoms with van der Waals surface area (Å²) in [5, 5.41) is 17.0. The molecule has 0 fully saturated rings. The van der Waals surface area contributed by atoms with Crippen LogP contribution in [0.3, 0.4) is 0 Å². The summed E-state index contributed by atoms with van der Waals surface area (Å²) in [5.74, 6) is 1.44. The molecule has 0 amide bonds. The van der Waals surface area contributed by atoms with E-state index in [0.29, 0.717) is 33.5 Å². The predicted octanol–water partition coefficient (Wildman–Crippen LogP) is 4.57. The van der Waals surface area contributed by atoms with Crippen LogP contribution in [0, 0.1) is 0 Å². The monoisotopic (exact) mass is 487 g/mol. The first-order valence-corrected chi connectivity index (χ1v) is 13.5. The van der Waals surface area contributed by atoms with Gasteiger partial charge in [0.2, 0.25) is 5.95 Å². The van der Waals surface area contributed by atoms with Gasteiger partial charge in [0.25, 0.3) is 0 Å². The zero-order valence-electron chi connectivity index (χ0n) is 19.0. The predicted molar refractivity (Wildman–Crippen MR) is 134 cm³/mol. The van der Waals surface area contributed by atoms with Gasteiger partial charge in [-0.3, -0.25) is 0 Å². The van der Waals surface area contributed by atoms with E-state index in [1.165, 1.54) is 29.5 Å². The van der Waals surface area contributed by atoms with Crippen molar-refractivity contribution in [2.45, 2.75) is 13.0 Å². The molecule has 0 saturated heterocycles. The van der Waals surface area contributed by atoms with E-state index >= 15 is 0 Å². The van der Waals surface area contributed by atoms with Crippen molar-refractivity contribution in [3.8, 4) is 11.5 Å². The van der Waals surface area contributed by atoms with Crippen LogP contribution in [0.5, 0.6) is 11.5 Å². The Morgan fingerprint density at radius 2 is 1.94 bits per heavy atom. The maximum atomic E-state index is 12.7. The summed E-state index contributed by atoms with van der Waals surface area (Å²) in [5.41, 5.74) is 3.83. The van der Waals surface area contributed by atoms with Crippen molar-refractivity contribution in [1.29, 1.82) is 0 Å². The fourth-order valence-corrected chi connectivity index (χ4v) is 5.12. The summed E-state index contributed by atoms with van der Waals surface area (Å²) in [6, 6.07) is 8.79. The van der Waals surface area contributed by atoms with Gasteiger partial charge in [-0.25, -0.2) is 4.98 Å². The number of aromatic nitrogens is 2. The Hall–Kier alpha value is -2.80. The molecular weight excluding hydrogens is 461 g/mol. The Balaban J connectivity index is 1.66. The molecule has 3 aromatic rings. The van der Waals surface area contributed by atoms with Crippen LogP contribution < -0.4 is 20.7 Å². The van der Waals surface area contributed by atoms with Gasteiger partial charge < -0.3 is 29.9 Å². The number of nitrogens with zero attached hydrogens (tertiary/aromatic N) is 3. The van der Waals surface area contributed by atoms with E-state index in [0.717, 1.165) is 25.2 Å². The maximum absolute atomic E-state index is 12.7. The summed E-state index contributed by atoms with van der Waals surface area (Å²) >= 11 is 6.35. The van der Waals surface area contributed by atoms with E-state index in [2.05, 4.69) is 44.7 Å². The maximum Gasteiger partial charge on any atom is 0.229 e. The third kappa shape index (κ3) is 5.24. The molecule has 1 aliphatic heterocycles. The molecule has 0 aliphatic carbocycles. The fourth-order valence-electron chi connectivity index (χ4n) is 3.83. The lowest BCUT2D eigenvalue weighted by molar-refractivity contribution is 0.312. The van der Waals surface area contributed by atoms with Crippen molar-refractivity contribution < 1.29 is 14.4 Å². The number of phenols is 1. The van der Waals surface area contributed by atoms with Gasteiger partial charge >= 0.3 is 0 Å². The molecule has 1 aliphatic rings. The van der Waals surface area contributed by atoms with Crippen LogP contribution in [0.2, 0.25) is 5.02 Å². The molecule has 4 rings (SSSR count). The highest BCUT2D eigenvalue weighted by molar-refractivity contribution is 7.70. The number of nitrogens with one attached hydrogen (secondary N) is 2. The lowest BCUT2D eigenvalue weighted by Crippen LogP contribution is -2.26. The van der Waals surface area contributed by atoms with Gasteiger partial charge in [-0.05, 0) is 68.3 Å². The van der Waals surface area contributed by atoms with Gasteiger partial charge in [0.05, 0.1) is 24.7 Å². The normalized spacial score (nSPS) is 14.0. The van der Waals surface area contributed by atoms with Crippen molar-refractivity contribution in [2.24, 2.45) is 0 Å². The number of halogens is 1. The number of hydrogen-bond donors (Lipinski definition) is 3. The Morgan fingerprint density at radius 3 is 2.67 bits per heavy atom. The molecule has 2 aromatic carbocycles. The molecule has 10 heteroatoms. The minimum absolute atomic E-state index is 0.0424. The lowest BCUT2D eigenvalue weighted by Gasteiger charge is -2.26. The van der Waals surface area contributed by atoms with E-state index in [1.807, 2.05) is 0 Å². The molecule has 2 heterocycles. The minimum Gasteiger partial charge on any atom is -0.508 e. The quantitative estimate of drug-likeness (QED) is 0.343. The highest BCUT2D eigenvalue weighted by Gasteiger charge is 2.20. The number of methoxy groups -OCH3 is 1. The largest absolute Gasteiger partial charge is 0.508 e. The molecule has 0 saturated carbocycles. The van der Waals surface area contributed by atoms with Crippen LogP contribution in [0.25, 0.3) is 0 Å². The SMILES string of the molecule is COc1cc2c(cc1Nc1ncc(Cl)c(Nc3ccc(O)cc3P(C)(C)=O)n1)CN(C)CC2. The molecule has 0 spiro atoms. The molecule has 0 bridgehead atoms. The third-order valence-corrected chi connectivity index (χ3v) is 7.34. The first kappa shape index (κ1) is 23.4. The Kier molecular flexibility index (Phi) is 6.52. The van der Waals surface area contributed by atoms with E-state index in [4.69, 9.17) is 16.3 Å². The fraction of sp³-hybridized carbons (Fsp3) is 0.304. The van der Waals surface area contributed by atoms with Crippen LogP contribution in [0.15, 0.2) is 36.5 Å². The Morgan fingerprint density at radius 1 is 1.15 bits per heavy atom. The van der Waals surface area contributed by atoms with Crippen LogP contribution >= 0.6 is 18.7 Å². The van der Waals surface area contributed by atoms with Crippen molar-refractivity contribution >= 4 is 47.2 Å². The Bertz CT molecular complexity index is 1250. The van der Waals surface area contributed by atoms with Crippen molar-refractivity contribution in [3.05, 3.63) is 52.7 Å². The second kappa shape index (κ2) is 9.21. The molecule has 8 nitrogen and oxygen atoms in total. The van der Waals surface area contributed by atoms with Gasteiger partial charge in [-0.1, -0.05) is 11.6 Å². The molecule has 33 heavy (non-hydrogen) atoms. The number of anilines is 4. The summed E-state index contributed by atoms with van der Waals surface area (Å²) in [6.07, 6.45) is 2.47. The number of aromatic hydroxyl groups is 1. The minimum atomic E-state index is -2.67. The molecule has 174 valence electrons. The highest BCUT2D eigenvalue weighted by atomic mass is 35.5. The summed E-state index contributed by atoms with van der Waals surface area (Å²) < 4.78 is 18.3. The number of rotatable bonds is 6. The lowest BCUT2D eigenvalue weighted by atomic mass is 9.99. The zero-order chi connectivity index (χ0) is 23.8. The number of benzene rings is 2. The van der Waals surface area contributed by atoms with Crippen LogP contribution in [-0.2, 0) is 17.5 Å². The molecule has 3 N–H and O–H groups in total. The number of phenolic OH excluding ortho intramolecular Hbond substituents is 1. The summed E-state index contributed by atoms with van der Waals surface area (Å²) in [4.78, 5) is 11.1. The van der Waals surface area contributed by atoms with Crippen molar-refractivity contribution in [3.63, 3.8) is 0 Å². The van der Waals surface area contributed by atoms with Crippen molar-refractivity contribution in [2.75, 3.05) is 44.7 Å². The smallest absolute Gasteiger partial charge is 0.229 e. The topological polar surface area (TPSA) is 99.6 Å². The first-order valence-electron chi connectivity index (χ1n) is 10.5. The average molecular weight is 488 g/mol. The van der Waals surface area contributed by atoms with E-state index in [1.54, 1.807) is 26.5 Å². The second-order valence-electron chi connectivity index (χ2n) is 8.50. The van der Waals surface area contributed by atoms with Crippen LogP contribution in [-0.4, -0.2) is 54.0 Å². The number of fused-ring (bicyclic) bond motifs is 1. The number of likely N-dealkylation sites (N-methyl/N-ethyl adjacent to an activating group) is 1. The standard InChI is InChI=1S/C23H27ClN5O3P/c1-29-8-7-14-10-20(32-2)19(9-15(14)13-29)27-23-25-12-17(24)22(28-23)26-18-6-5-16(30)11-21(18)33(3,4)31/h5-6,9-12,30H,7-8,13H2,1-4H3,(H2,25,26,27,28). The summed E-state index contributed by atoms with van der Waals surface area (Å²) in [6.45, 7) is 5.16. The van der Waals surface area contributed by atoms with Gasteiger partial charge in [-0.15, -0.1) is 0 Å². The average Bonchev–Trinajstić information content (AvgIpc) is 2.76. The van der Waals surface area contributed by atoms with E-state index in [-0.39, 0.29) is 5.75 Å². The summed E-state index contributed by atoms with van der Waals surface area (Å²) in [7, 11) is 1.06. The van der Waals surface area contributed by atoms with Crippen LogP contribution in [0.4, 0.5) is 23.1 Å². The first-order chi connectivity index (χ1) is 15.6. The van der Waals surface area contributed by atoms with Crippen LogP contribution in [0.1, 0.15) is 11.1 Å². The molecule has 0 radical (unpaired) electrons. The number of hydrogen-bond acceptors (Lipinski definition) is 8. The Labute approximate surface area is 198 Å². The number of ether oxygens (including phenoxy) is 1. The van der Waals surface area contributed by atoms with E-state index < -0.39 is 7.14 Å². The van der Waals surface area contributed by atoms with E-state index in [9.17, 15) is 9.67 Å².